The molecular formula is C129H156N6O14. The third-order valence-corrected chi connectivity index (χ3v) is 32.9. The average molecular weight is 2010 g/mol. The fourth-order valence-corrected chi connectivity index (χ4v) is 25.0. The lowest BCUT2D eigenvalue weighted by atomic mass is 9.76. The van der Waals surface area contributed by atoms with E-state index in [-0.39, 0.29) is 129 Å². The van der Waals surface area contributed by atoms with Gasteiger partial charge in [0.1, 0.15) is 46.0 Å². The van der Waals surface area contributed by atoms with Crippen LogP contribution in [0.4, 0.5) is 34.1 Å². The molecule has 0 aliphatic carbocycles. The maximum atomic E-state index is 9.92. The zero-order valence-electron chi connectivity index (χ0n) is 89.5. The highest BCUT2D eigenvalue weighted by Crippen LogP contribution is 2.59. The minimum atomic E-state index is 0.00582. The lowest BCUT2D eigenvalue weighted by Crippen LogP contribution is -2.36. The number of anilines is 6. The third kappa shape index (κ3) is 23.4. The van der Waals surface area contributed by atoms with Gasteiger partial charge in [-0.1, -0.05) is 225 Å². The van der Waals surface area contributed by atoms with Crippen LogP contribution in [-0.4, -0.2) is 80.5 Å². The highest BCUT2D eigenvalue weighted by molar-refractivity contribution is 5.66. The van der Waals surface area contributed by atoms with Crippen molar-refractivity contribution >= 4 is 34.1 Å². The van der Waals surface area contributed by atoms with Crippen molar-refractivity contribution in [2.24, 2.45) is 35.5 Å². The van der Waals surface area contributed by atoms with Crippen molar-refractivity contribution in [3.63, 3.8) is 0 Å². The van der Waals surface area contributed by atoms with Gasteiger partial charge in [-0.3, -0.25) is 0 Å². The van der Waals surface area contributed by atoms with Crippen LogP contribution in [0, 0.1) is 35.5 Å². The van der Waals surface area contributed by atoms with Crippen molar-refractivity contribution in [1.29, 1.82) is 0 Å². The third-order valence-electron chi connectivity index (χ3n) is 32.9. The van der Waals surface area contributed by atoms with Crippen LogP contribution in [0.15, 0.2) is 243 Å². The normalized spacial score (nSPS) is 25.5. The quantitative estimate of drug-likeness (QED) is 0.0673. The molecule has 12 aromatic rings. The average Bonchev–Trinajstić information content (AvgIpc) is 0.779. The Morgan fingerprint density at radius 2 is 0.456 bits per heavy atom. The van der Waals surface area contributed by atoms with E-state index in [4.69, 9.17) is 28.4 Å². The Balaban J connectivity index is 0.000000112. The highest BCUT2D eigenvalue weighted by atomic mass is 16.5. The molecule has 20 heteroatoms. The SMILES string of the molecule is CC(C)(C)c1ccc2c(c1)C1OCCCC1C(c1cc(O)cc(O)c1)N2.CC(C)(C)c1ccc2c(c1)C1OCCCC1C(c1cccc(O)c1)N2.CC(C)(C)c1ccc2c(c1)[C@H]1OCCC[C@H]1[C@H](c1cc(O)cc(O)c1)N2.CC(C)(C)c1ccc2c(c1)[C@H]1OCCC[C@H]1[C@H](c1cccc(O)c1)N2.CC(C)c1ccc2c(c1)[C@H]1OCCC[C@H]1[C@H](c1cccc(O)c1)N2.CCc1ccc2c(c1)[C@H]1OCCC[C@H]1[C@H](c1cccc(O)c1)N2. The molecule has 14 N–H and O–H groups in total. The van der Waals surface area contributed by atoms with Crippen LogP contribution in [0.3, 0.4) is 0 Å². The smallest absolute Gasteiger partial charge is 0.119 e. The summed E-state index contributed by atoms with van der Waals surface area (Å²) in [5.74, 6) is 4.27. The Morgan fingerprint density at radius 1 is 0.242 bits per heavy atom. The molecule has 0 bridgehead atoms. The number of aryl methyl sites for hydroxylation is 1. The summed E-state index contributed by atoms with van der Waals surface area (Å²) in [5.41, 5.74) is 29.2. The van der Waals surface area contributed by atoms with Gasteiger partial charge >= 0.3 is 0 Å². The highest BCUT2D eigenvalue weighted by Gasteiger charge is 2.48. The molecule has 18 atom stereocenters. The Labute approximate surface area is 881 Å². The minimum Gasteiger partial charge on any atom is -0.508 e. The maximum Gasteiger partial charge on any atom is 0.119 e. The first-order chi connectivity index (χ1) is 71.4. The van der Waals surface area contributed by atoms with E-state index >= 15 is 0 Å². The van der Waals surface area contributed by atoms with Gasteiger partial charge in [0.25, 0.3) is 0 Å². The van der Waals surface area contributed by atoms with E-state index in [1.54, 1.807) is 48.5 Å². The minimum absolute atomic E-state index is 0.00582. The summed E-state index contributed by atoms with van der Waals surface area (Å²) in [6, 6.07) is 80.9. The first-order valence-electron chi connectivity index (χ1n) is 54.8. The molecule has 0 radical (unpaired) electrons. The van der Waals surface area contributed by atoms with E-state index in [0.717, 1.165) is 185 Å². The maximum absolute atomic E-state index is 9.92. The van der Waals surface area contributed by atoms with E-state index in [0.29, 0.717) is 52.6 Å². The lowest BCUT2D eigenvalue weighted by Gasteiger charge is -2.44. The van der Waals surface area contributed by atoms with Crippen molar-refractivity contribution in [3.05, 3.63) is 343 Å². The van der Waals surface area contributed by atoms with Crippen molar-refractivity contribution in [2.75, 3.05) is 71.5 Å². The number of fused-ring (bicyclic) bond motifs is 18. The fraction of sp³-hybridized carbons (Fsp3) is 0.442. The Kier molecular flexibility index (Phi) is 31.2. The van der Waals surface area contributed by atoms with Crippen molar-refractivity contribution in [3.8, 4) is 46.0 Å². The van der Waals surface area contributed by atoms with Crippen LogP contribution >= 0.6 is 0 Å². The molecule has 786 valence electrons. The molecule has 0 amide bonds. The number of rotatable bonds is 8. The van der Waals surface area contributed by atoms with Gasteiger partial charge in [-0.15, -0.1) is 0 Å². The molecule has 12 aliphatic rings. The summed E-state index contributed by atoms with van der Waals surface area (Å²) in [6.45, 7) is 38.4. The summed E-state index contributed by atoms with van der Waals surface area (Å²) in [7, 11) is 0. The summed E-state index contributed by atoms with van der Waals surface area (Å²) in [4.78, 5) is 0. The molecule has 6 fully saturated rings. The first-order valence-corrected chi connectivity index (χ1v) is 54.8. The predicted octanol–water partition coefficient (Wildman–Crippen LogP) is 30.4. The van der Waals surface area contributed by atoms with Crippen LogP contribution in [0.5, 0.6) is 46.0 Å². The van der Waals surface area contributed by atoms with Gasteiger partial charge in [0, 0.05) is 155 Å². The largest absolute Gasteiger partial charge is 0.508 e. The molecule has 6 saturated heterocycles. The molecule has 12 heterocycles. The molecule has 6 unspecified atom stereocenters. The number of hydrogen-bond acceptors (Lipinski definition) is 20. The van der Waals surface area contributed by atoms with Gasteiger partial charge in [0.05, 0.1) is 72.9 Å². The predicted molar refractivity (Wildman–Crippen MR) is 596 cm³/mol. The van der Waals surface area contributed by atoms with E-state index in [9.17, 15) is 40.9 Å². The first kappa shape index (κ1) is 105. The van der Waals surface area contributed by atoms with Gasteiger partial charge in [-0.25, -0.2) is 0 Å². The molecule has 149 heavy (non-hydrogen) atoms. The van der Waals surface area contributed by atoms with Crippen LogP contribution in [-0.2, 0) is 56.5 Å². The van der Waals surface area contributed by atoms with Gasteiger partial charge in [0.15, 0.2) is 0 Å². The number of phenols is 8. The molecule has 24 rings (SSSR count). The van der Waals surface area contributed by atoms with Crippen LogP contribution in [0.25, 0.3) is 0 Å². The lowest BCUT2D eigenvalue weighted by molar-refractivity contribution is -0.0382. The zero-order valence-corrected chi connectivity index (χ0v) is 89.5. The monoisotopic (exact) mass is 2010 g/mol. The second kappa shape index (κ2) is 44.3. The van der Waals surface area contributed by atoms with Gasteiger partial charge < -0.3 is 101 Å². The summed E-state index contributed by atoms with van der Waals surface area (Å²) in [6.07, 6.45) is 14.8. The second-order valence-electron chi connectivity index (χ2n) is 47.7. The van der Waals surface area contributed by atoms with Crippen molar-refractivity contribution in [1.82, 2.24) is 0 Å². The van der Waals surface area contributed by atoms with Crippen LogP contribution in [0.1, 0.15) is 360 Å². The van der Waals surface area contributed by atoms with E-state index in [2.05, 4.69) is 269 Å². The zero-order chi connectivity index (χ0) is 105. The van der Waals surface area contributed by atoms with E-state index in [1.807, 2.05) is 48.5 Å². The van der Waals surface area contributed by atoms with Gasteiger partial charge in [0.2, 0.25) is 0 Å². The number of hydrogen-bond donors (Lipinski definition) is 14. The summed E-state index contributed by atoms with van der Waals surface area (Å²) < 4.78 is 37.4. The van der Waals surface area contributed by atoms with Crippen LogP contribution in [0.2, 0.25) is 0 Å². The second-order valence-corrected chi connectivity index (χ2v) is 47.7. The van der Waals surface area contributed by atoms with E-state index in [1.165, 1.54) is 84.6 Å². The number of ether oxygens (including phenoxy) is 6. The molecule has 0 aromatic heterocycles. The molecular weight excluding hydrogens is 1860 g/mol. The van der Waals surface area contributed by atoms with Crippen molar-refractivity contribution < 1.29 is 69.3 Å². The standard InChI is InChI=1S/2C22H27NO3.2C22H27NO2.C21H25NO2.C20H23NO2/c2*1-22(2,3)14-6-7-19-18(11-14)21-17(5-4-8-26-21)20(23-19)13-9-15(24)12-16(25)10-13;2*1-22(2,3)15-9-10-19-18(13-15)21-17(8-5-11-25-21)20(23-19)14-6-4-7-16(24)12-14;1-13(2)14-8-9-19-18(12-14)21-17(7-4-10-24-21)20(22-19)15-5-3-6-16(23)11-15;1-2-13-8-9-18-17(11-13)20-16(7-4-10-23-20)19(21-18)14-5-3-6-15(22)12-14/h2*6-7,9-12,17,20-21,23-25H,4-5,8H2,1-3H3;2*4,6-7,9-10,12-13,17,20-21,23-24H,5,8,11H2,1-3H3;3,5-6,8-9,11-13,17,20-23H,4,7,10H2,1-2H3;3,5-6,8-9,11-12,16,19-22H,2,4,7,10H2,1H3/t17-,20-,21-;;17-,20-,21-;;17-,20-,21-;16-,19-,20-/m0.0.00/s1. The van der Waals surface area contributed by atoms with Crippen LogP contribution < -0.4 is 31.9 Å². The van der Waals surface area contributed by atoms with Gasteiger partial charge in [-0.2, -0.15) is 0 Å². The number of benzene rings is 12. The van der Waals surface area contributed by atoms with Gasteiger partial charge in [-0.05, 0) is 287 Å². The number of aromatic hydroxyl groups is 8. The molecule has 12 aromatic carbocycles. The fourth-order valence-electron chi connectivity index (χ4n) is 25.0. The Morgan fingerprint density at radius 3 is 0.685 bits per heavy atom. The molecule has 0 saturated carbocycles. The number of nitrogens with one attached hydrogen (secondary N) is 6. The molecule has 20 nitrogen and oxygen atoms in total. The topological polar surface area (TPSA) is 289 Å². The summed E-state index contributed by atoms with van der Waals surface area (Å²) in [5, 5.41) is 101. The Hall–Kier alpha value is -12.4. The Bertz CT molecular complexity index is 6400. The summed E-state index contributed by atoms with van der Waals surface area (Å²) >= 11 is 0. The molecule has 0 spiro atoms. The number of phenolic OH excluding ortho intramolecular Hbond substituents is 8. The van der Waals surface area contributed by atoms with E-state index < -0.39 is 0 Å². The van der Waals surface area contributed by atoms with Crippen molar-refractivity contribution in [2.45, 2.75) is 288 Å². The molecule has 12 aliphatic heterocycles.